The first-order chi connectivity index (χ1) is 8.65. The van der Waals surface area contributed by atoms with Gasteiger partial charge in [0.25, 0.3) is 0 Å². The second kappa shape index (κ2) is 6.07. The van der Waals surface area contributed by atoms with Gasteiger partial charge in [-0.2, -0.15) is 0 Å². The molecule has 18 heavy (non-hydrogen) atoms. The third-order valence-electron chi connectivity index (χ3n) is 2.53. The van der Waals surface area contributed by atoms with Crippen LogP contribution < -0.4 is 5.32 Å². The molecule has 0 aromatic heterocycles. The van der Waals surface area contributed by atoms with Crippen LogP contribution in [0.5, 0.6) is 0 Å². The van der Waals surface area contributed by atoms with Gasteiger partial charge in [-0.05, 0) is 35.4 Å². The highest BCUT2D eigenvalue weighted by molar-refractivity contribution is 9.10. The molecule has 0 aliphatic heterocycles. The Labute approximate surface area is 113 Å². The molecule has 1 N–H and O–H groups in total. The highest BCUT2D eigenvalue weighted by Gasteiger charge is 2.02. The molecule has 0 spiro atoms. The van der Waals surface area contributed by atoms with E-state index in [1.807, 2.05) is 24.3 Å². The summed E-state index contributed by atoms with van der Waals surface area (Å²) >= 11 is 3.40. The predicted molar refractivity (Wildman–Crippen MR) is 71.0 cm³/mol. The maximum atomic E-state index is 13.0. The van der Waals surface area contributed by atoms with Crippen LogP contribution in [0.3, 0.4) is 0 Å². The van der Waals surface area contributed by atoms with Crippen LogP contribution in [-0.2, 0) is 13.1 Å². The van der Waals surface area contributed by atoms with E-state index in [2.05, 4.69) is 21.2 Å². The van der Waals surface area contributed by atoms with Gasteiger partial charge in [-0.1, -0.05) is 34.1 Å². The Bertz CT molecular complexity index is 543. The van der Waals surface area contributed by atoms with E-state index in [-0.39, 0.29) is 0 Å². The molecule has 0 heterocycles. The SMILES string of the molecule is Fc1ccc(CNCc2cccc(Br)c2)cc1F. The maximum Gasteiger partial charge on any atom is 0.159 e. The fourth-order valence-electron chi connectivity index (χ4n) is 1.65. The minimum Gasteiger partial charge on any atom is -0.309 e. The molecule has 0 amide bonds. The first kappa shape index (κ1) is 13.2. The van der Waals surface area contributed by atoms with Crippen molar-refractivity contribution in [2.45, 2.75) is 13.1 Å². The fraction of sp³-hybridized carbons (Fsp3) is 0.143. The Morgan fingerprint density at radius 1 is 0.889 bits per heavy atom. The van der Waals surface area contributed by atoms with E-state index < -0.39 is 11.6 Å². The van der Waals surface area contributed by atoms with Crippen LogP contribution in [0.4, 0.5) is 8.78 Å². The third-order valence-corrected chi connectivity index (χ3v) is 3.02. The molecule has 0 aliphatic rings. The van der Waals surface area contributed by atoms with Gasteiger partial charge in [0, 0.05) is 17.6 Å². The summed E-state index contributed by atoms with van der Waals surface area (Å²) in [7, 11) is 0. The number of hydrogen-bond donors (Lipinski definition) is 1. The van der Waals surface area contributed by atoms with Crippen molar-refractivity contribution in [1.29, 1.82) is 0 Å². The quantitative estimate of drug-likeness (QED) is 0.899. The lowest BCUT2D eigenvalue weighted by molar-refractivity contribution is 0.506. The molecule has 2 aromatic rings. The number of halogens is 3. The van der Waals surface area contributed by atoms with Gasteiger partial charge < -0.3 is 5.32 Å². The minimum absolute atomic E-state index is 0.504. The molecular weight excluding hydrogens is 300 g/mol. The molecule has 2 aromatic carbocycles. The molecular formula is C14H12BrF2N. The summed E-state index contributed by atoms with van der Waals surface area (Å²) in [6, 6.07) is 11.9. The molecule has 0 radical (unpaired) electrons. The van der Waals surface area contributed by atoms with Gasteiger partial charge in [-0.25, -0.2) is 8.78 Å². The van der Waals surface area contributed by atoms with Gasteiger partial charge in [-0.15, -0.1) is 0 Å². The van der Waals surface area contributed by atoms with Crippen molar-refractivity contribution < 1.29 is 8.78 Å². The van der Waals surface area contributed by atoms with Crippen molar-refractivity contribution in [3.63, 3.8) is 0 Å². The lowest BCUT2D eigenvalue weighted by Gasteiger charge is -2.06. The van der Waals surface area contributed by atoms with E-state index in [4.69, 9.17) is 0 Å². The fourth-order valence-corrected chi connectivity index (χ4v) is 2.09. The van der Waals surface area contributed by atoms with Crippen LogP contribution in [0, 0.1) is 11.6 Å². The van der Waals surface area contributed by atoms with E-state index in [9.17, 15) is 8.78 Å². The van der Waals surface area contributed by atoms with Crippen LogP contribution in [0.1, 0.15) is 11.1 Å². The van der Waals surface area contributed by atoms with Crippen molar-refractivity contribution >= 4 is 15.9 Å². The number of rotatable bonds is 4. The number of nitrogens with one attached hydrogen (secondary N) is 1. The predicted octanol–water partition coefficient (Wildman–Crippen LogP) is 4.02. The molecule has 0 saturated carbocycles. The van der Waals surface area contributed by atoms with Crippen molar-refractivity contribution in [3.8, 4) is 0 Å². The second-order valence-corrected chi connectivity index (χ2v) is 4.90. The van der Waals surface area contributed by atoms with Crippen molar-refractivity contribution in [1.82, 2.24) is 5.32 Å². The Morgan fingerprint density at radius 2 is 1.61 bits per heavy atom. The molecule has 0 saturated heterocycles. The van der Waals surface area contributed by atoms with Crippen molar-refractivity contribution in [2.75, 3.05) is 0 Å². The van der Waals surface area contributed by atoms with Gasteiger partial charge in [0.1, 0.15) is 0 Å². The highest BCUT2D eigenvalue weighted by Crippen LogP contribution is 2.12. The molecule has 4 heteroatoms. The van der Waals surface area contributed by atoms with Crippen molar-refractivity contribution in [2.24, 2.45) is 0 Å². The Hall–Kier alpha value is -1.26. The van der Waals surface area contributed by atoms with E-state index >= 15 is 0 Å². The molecule has 0 aliphatic carbocycles. The normalized spacial score (nSPS) is 10.6. The Balaban J connectivity index is 1.90. The van der Waals surface area contributed by atoms with Gasteiger partial charge in [0.15, 0.2) is 11.6 Å². The molecule has 2 rings (SSSR count). The largest absolute Gasteiger partial charge is 0.309 e. The minimum atomic E-state index is -0.814. The molecule has 0 unspecified atom stereocenters. The topological polar surface area (TPSA) is 12.0 Å². The molecule has 0 atom stereocenters. The lowest BCUT2D eigenvalue weighted by atomic mass is 10.2. The maximum absolute atomic E-state index is 13.0. The van der Waals surface area contributed by atoms with Crippen LogP contribution in [-0.4, -0.2) is 0 Å². The zero-order valence-corrected chi connectivity index (χ0v) is 11.2. The standard InChI is InChI=1S/C14H12BrF2N/c15-12-3-1-2-10(6-12)8-18-9-11-4-5-13(16)14(17)7-11/h1-7,18H,8-9H2. The van der Waals surface area contributed by atoms with Gasteiger partial charge >= 0.3 is 0 Å². The Kier molecular flexibility index (Phi) is 4.44. The van der Waals surface area contributed by atoms with Crippen LogP contribution in [0.15, 0.2) is 46.9 Å². The number of benzene rings is 2. The average molecular weight is 312 g/mol. The summed E-state index contributed by atoms with van der Waals surface area (Å²) in [5.74, 6) is -1.62. The van der Waals surface area contributed by atoms with E-state index in [1.54, 1.807) is 6.07 Å². The van der Waals surface area contributed by atoms with E-state index in [1.165, 1.54) is 6.07 Å². The van der Waals surface area contributed by atoms with E-state index in [0.717, 1.165) is 21.7 Å². The summed E-state index contributed by atoms with van der Waals surface area (Å²) in [4.78, 5) is 0. The smallest absolute Gasteiger partial charge is 0.159 e. The second-order valence-electron chi connectivity index (χ2n) is 3.98. The average Bonchev–Trinajstić information content (AvgIpc) is 2.34. The van der Waals surface area contributed by atoms with E-state index in [0.29, 0.717) is 13.1 Å². The summed E-state index contributed by atoms with van der Waals surface area (Å²) in [6.07, 6.45) is 0. The molecule has 94 valence electrons. The number of hydrogen-bond acceptors (Lipinski definition) is 1. The lowest BCUT2D eigenvalue weighted by Crippen LogP contribution is -2.12. The monoisotopic (exact) mass is 311 g/mol. The zero-order chi connectivity index (χ0) is 13.0. The molecule has 0 bridgehead atoms. The first-order valence-corrected chi connectivity index (χ1v) is 6.33. The molecule has 0 fully saturated rings. The zero-order valence-electron chi connectivity index (χ0n) is 9.59. The third kappa shape index (κ3) is 3.62. The van der Waals surface area contributed by atoms with Crippen LogP contribution >= 0.6 is 15.9 Å². The van der Waals surface area contributed by atoms with Crippen LogP contribution in [0.25, 0.3) is 0 Å². The molecule has 1 nitrogen and oxygen atoms in total. The van der Waals surface area contributed by atoms with Gasteiger partial charge in [0.05, 0.1) is 0 Å². The summed E-state index contributed by atoms with van der Waals surface area (Å²) in [6.45, 7) is 1.18. The summed E-state index contributed by atoms with van der Waals surface area (Å²) < 4.78 is 26.7. The highest BCUT2D eigenvalue weighted by atomic mass is 79.9. The van der Waals surface area contributed by atoms with Crippen LogP contribution in [0.2, 0.25) is 0 Å². The van der Waals surface area contributed by atoms with Crippen molar-refractivity contribution in [3.05, 3.63) is 69.7 Å². The summed E-state index contributed by atoms with van der Waals surface area (Å²) in [5.41, 5.74) is 1.86. The summed E-state index contributed by atoms with van der Waals surface area (Å²) in [5, 5.41) is 3.18. The van der Waals surface area contributed by atoms with Gasteiger partial charge in [0.2, 0.25) is 0 Å². The first-order valence-electron chi connectivity index (χ1n) is 5.54. The Morgan fingerprint density at radius 3 is 2.28 bits per heavy atom. The van der Waals surface area contributed by atoms with Gasteiger partial charge in [-0.3, -0.25) is 0 Å².